The third-order valence-electron chi connectivity index (χ3n) is 5.19. The second-order valence-corrected chi connectivity index (χ2v) is 10.2. The van der Waals surface area contributed by atoms with Crippen LogP contribution in [0.25, 0.3) is 0 Å². The van der Waals surface area contributed by atoms with Crippen LogP contribution in [-0.4, -0.2) is 58.8 Å². The predicted octanol–water partition coefficient (Wildman–Crippen LogP) is 2.51. The van der Waals surface area contributed by atoms with Gasteiger partial charge < -0.3 is 14.4 Å². The Morgan fingerprint density at radius 2 is 2.06 bits per heavy atom. The summed E-state index contributed by atoms with van der Waals surface area (Å²) in [6.07, 6.45) is -11.3. The first-order valence-corrected chi connectivity index (χ1v) is 11.8. The number of aliphatic hydroxyl groups is 1. The van der Waals surface area contributed by atoms with Gasteiger partial charge in [-0.05, 0) is 6.07 Å². The van der Waals surface area contributed by atoms with Gasteiger partial charge in [0.05, 0.1) is 19.6 Å². The quantitative estimate of drug-likeness (QED) is 0.377. The Labute approximate surface area is 183 Å². The van der Waals surface area contributed by atoms with Gasteiger partial charge in [0.2, 0.25) is 11.7 Å². The predicted molar refractivity (Wildman–Crippen MR) is 102 cm³/mol. The molecule has 0 saturated carbocycles. The molecule has 3 heterocycles. The van der Waals surface area contributed by atoms with E-state index in [-0.39, 0.29) is 6.61 Å². The van der Waals surface area contributed by atoms with Gasteiger partial charge in [0.1, 0.15) is 11.9 Å². The summed E-state index contributed by atoms with van der Waals surface area (Å²) in [6, 6.07) is 6.65. The van der Waals surface area contributed by atoms with E-state index in [1.54, 1.807) is 24.3 Å². The number of fused-ring (bicyclic) bond motifs is 1. The Morgan fingerprint density at radius 3 is 2.78 bits per heavy atom. The molecule has 32 heavy (non-hydrogen) atoms. The van der Waals surface area contributed by atoms with Gasteiger partial charge in [-0.3, -0.25) is 23.5 Å². The zero-order chi connectivity index (χ0) is 23.3. The molecular formula is C18H16F4NO7PS. The van der Waals surface area contributed by atoms with Crippen LogP contribution in [0.5, 0.6) is 5.75 Å². The molecule has 0 aromatic heterocycles. The zero-order valence-electron chi connectivity index (χ0n) is 16.0. The number of Topliss-reactive ketones (excluding diaryl/α,β-unsaturated/α-hetero) is 1. The average Bonchev–Trinajstić information content (AvgIpc) is 3.01. The lowest BCUT2D eigenvalue weighted by molar-refractivity contribution is -0.200. The lowest BCUT2D eigenvalue weighted by Crippen LogP contribution is -2.52. The van der Waals surface area contributed by atoms with Gasteiger partial charge in [0.25, 0.3) is 6.43 Å². The largest absolute Gasteiger partial charge is 0.424 e. The highest BCUT2D eigenvalue weighted by Crippen LogP contribution is 2.56. The summed E-state index contributed by atoms with van der Waals surface area (Å²) in [5.41, 5.74) is -2.32. The van der Waals surface area contributed by atoms with Crippen molar-refractivity contribution in [3.05, 3.63) is 41.9 Å². The highest BCUT2D eigenvalue weighted by molar-refractivity contribution is 8.07. The number of carbonyl (C=O) groups excluding carboxylic acids is 2. The van der Waals surface area contributed by atoms with Crippen molar-refractivity contribution >= 4 is 30.2 Å². The van der Waals surface area contributed by atoms with Crippen molar-refractivity contribution in [3.63, 3.8) is 0 Å². The number of allylic oxidation sites excluding steroid dienone is 1. The van der Waals surface area contributed by atoms with Gasteiger partial charge in [0.15, 0.2) is 23.8 Å². The molecular weight excluding hydrogens is 481 g/mol. The van der Waals surface area contributed by atoms with Crippen molar-refractivity contribution in [2.24, 2.45) is 0 Å². The summed E-state index contributed by atoms with van der Waals surface area (Å²) >= 11 is 5.18. The number of para-hydroxylation sites is 1. The molecule has 4 rings (SSSR count). The second-order valence-electron chi connectivity index (χ2n) is 7.22. The molecule has 1 amide bonds. The summed E-state index contributed by atoms with van der Waals surface area (Å²) < 4.78 is 77.8. The number of amides is 1. The molecule has 1 N–H and O–H groups in total. The first-order valence-electron chi connectivity index (χ1n) is 9.23. The summed E-state index contributed by atoms with van der Waals surface area (Å²) in [6.45, 7) is -4.78. The topological polar surface area (TPSA) is 94.5 Å². The van der Waals surface area contributed by atoms with Crippen LogP contribution < -0.4 is 4.52 Å². The molecule has 1 fully saturated rings. The number of hydrogen-bond acceptors (Lipinski definition) is 8. The van der Waals surface area contributed by atoms with Crippen LogP contribution in [-0.2, 0) is 41.8 Å². The van der Waals surface area contributed by atoms with Crippen LogP contribution in [0.4, 0.5) is 17.6 Å². The first kappa shape index (κ1) is 23.3. The minimum Gasteiger partial charge on any atom is -0.424 e. The molecule has 8 nitrogen and oxygen atoms in total. The molecule has 14 heteroatoms. The lowest BCUT2D eigenvalue weighted by atomic mass is 9.97. The Morgan fingerprint density at radius 1 is 1.34 bits per heavy atom. The highest BCUT2D eigenvalue weighted by atomic mass is 32.5. The van der Waals surface area contributed by atoms with Crippen molar-refractivity contribution in [2.45, 2.75) is 43.6 Å². The molecule has 3 aliphatic heterocycles. The molecule has 1 unspecified atom stereocenters. The number of benzene rings is 1. The molecule has 5 atom stereocenters. The smallest absolute Gasteiger partial charge is 0.381 e. The molecule has 1 saturated heterocycles. The fourth-order valence-electron chi connectivity index (χ4n) is 3.40. The minimum absolute atomic E-state index is 0.0206. The van der Waals surface area contributed by atoms with Crippen molar-refractivity contribution in [3.8, 4) is 5.75 Å². The maximum atomic E-state index is 14.8. The van der Waals surface area contributed by atoms with E-state index in [0.717, 1.165) is 0 Å². The Balaban J connectivity index is 1.55. The normalized spacial score (nSPS) is 35.0. The van der Waals surface area contributed by atoms with Crippen molar-refractivity contribution in [1.29, 1.82) is 0 Å². The van der Waals surface area contributed by atoms with Crippen LogP contribution in [0.1, 0.15) is 12.0 Å². The SMILES string of the molecule is O=C1CC(=O)N([C@@H]2O[C@@](COP3(=S)OCc4ccccc4O3)(C(F)F)[C@@H](O)[C@@H]2F)C=C1F. The van der Waals surface area contributed by atoms with E-state index in [1.807, 2.05) is 0 Å². The monoisotopic (exact) mass is 497 g/mol. The summed E-state index contributed by atoms with van der Waals surface area (Å²) in [4.78, 5) is 23.7. The number of halogens is 4. The number of aliphatic hydroxyl groups excluding tert-OH is 1. The summed E-state index contributed by atoms with van der Waals surface area (Å²) in [5.74, 6) is -3.27. The van der Waals surface area contributed by atoms with Crippen LogP contribution >= 0.6 is 6.72 Å². The number of nitrogens with zero attached hydrogens (tertiary/aromatic N) is 1. The fraction of sp³-hybridized carbons (Fsp3) is 0.444. The third kappa shape index (κ3) is 3.97. The van der Waals surface area contributed by atoms with Crippen LogP contribution in [0.2, 0.25) is 0 Å². The van der Waals surface area contributed by atoms with E-state index in [1.165, 1.54) is 0 Å². The highest BCUT2D eigenvalue weighted by Gasteiger charge is 2.63. The Hall–Kier alpha value is -1.89. The minimum atomic E-state index is -3.62. The van der Waals surface area contributed by atoms with Crippen molar-refractivity contribution in [1.82, 2.24) is 4.90 Å². The van der Waals surface area contributed by atoms with Gasteiger partial charge in [-0.2, -0.15) is 0 Å². The maximum Gasteiger partial charge on any atom is 0.381 e. The molecule has 0 aliphatic carbocycles. The van der Waals surface area contributed by atoms with E-state index < -0.39 is 67.8 Å². The molecule has 3 aliphatic rings. The molecule has 0 radical (unpaired) electrons. The number of ether oxygens (including phenoxy) is 1. The number of rotatable bonds is 5. The Bertz CT molecular complexity index is 1030. The van der Waals surface area contributed by atoms with Crippen molar-refractivity contribution < 1.29 is 50.6 Å². The number of ketones is 1. The summed E-state index contributed by atoms with van der Waals surface area (Å²) in [5, 5.41) is 10.3. The first-order chi connectivity index (χ1) is 15.1. The van der Waals surface area contributed by atoms with E-state index in [0.29, 0.717) is 22.4 Å². The van der Waals surface area contributed by atoms with E-state index in [9.17, 15) is 32.3 Å². The van der Waals surface area contributed by atoms with Crippen LogP contribution in [0.15, 0.2) is 36.3 Å². The molecule has 1 aromatic carbocycles. The van der Waals surface area contributed by atoms with Crippen LogP contribution in [0.3, 0.4) is 0 Å². The number of hydrogen-bond donors (Lipinski definition) is 1. The second kappa shape index (κ2) is 8.47. The van der Waals surface area contributed by atoms with Crippen molar-refractivity contribution in [2.75, 3.05) is 6.61 Å². The van der Waals surface area contributed by atoms with E-state index in [4.69, 9.17) is 30.1 Å². The molecule has 1 aromatic rings. The molecule has 174 valence electrons. The van der Waals surface area contributed by atoms with Gasteiger partial charge in [0, 0.05) is 23.6 Å². The Kier molecular flexibility index (Phi) is 6.16. The third-order valence-corrected chi connectivity index (χ3v) is 7.35. The van der Waals surface area contributed by atoms with E-state index in [2.05, 4.69) is 0 Å². The average molecular weight is 497 g/mol. The zero-order valence-corrected chi connectivity index (χ0v) is 17.7. The summed E-state index contributed by atoms with van der Waals surface area (Å²) in [7, 11) is 0. The maximum absolute atomic E-state index is 14.8. The van der Waals surface area contributed by atoms with E-state index >= 15 is 0 Å². The van der Waals surface area contributed by atoms with Gasteiger partial charge in [-0.25, -0.2) is 17.6 Å². The number of alkyl halides is 3. The van der Waals surface area contributed by atoms with Gasteiger partial charge in [-0.1, -0.05) is 18.2 Å². The standard InChI is InChI=1S/C18H16F4NO7PS/c19-10-6-23(13(25)5-11(10)24)16-14(20)15(26)18(29-16,17(21)22)8-28-31(32)27-7-9-3-1-2-4-12(9)30-31/h1-4,6,14-17,26H,5,7-8H2/t14-,15-,16+,18+,31?/m0/s1. The lowest BCUT2D eigenvalue weighted by Gasteiger charge is -2.35. The molecule has 0 bridgehead atoms. The number of carbonyl (C=O) groups is 2. The fourth-order valence-corrected chi connectivity index (χ4v) is 5.22. The van der Waals surface area contributed by atoms with Gasteiger partial charge in [-0.15, -0.1) is 0 Å². The molecule has 0 spiro atoms. The van der Waals surface area contributed by atoms with Crippen LogP contribution in [0, 0.1) is 0 Å². The van der Waals surface area contributed by atoms with Gasteiger partial charge >= 0.3 is 6.72 Å².